The maximum absolute atomic E-state index is 6.13. The SMILES string of the molecule is Cc1ccc(CCN(C)C2CCCC2N)cc1. The molecule has 2 unspecified atom stereocenters. The van der Waals surface area contributed by atoms with Crippen LogP contribution in [0.25, 0.3) is 0 Å². The summed E-state index contributed by atoms with van der Waals surface area (Å²) in [4.78, 5) is 2.44. The van der Waals surface area contributed by atoms with E-state index < -0.39 is 0 Å². The molecular formula is C15H24N2. The van der Waals surface area contributed by atoms with Crippen LogP contribution in [0.2, 0.25) is 0 Å². The van der Waals surface area contributed by atoms with E-state index in [2.05, 4.69) is 43.1 Å². The average Bonchev–Trinajstić information content (AvgIpc) is 2.74. The van der Waals surface area contributed by atoms with E-state index in [1.165, 1.54) is 30.4 Å². The van der Waals surface area contributed by atoms with Crippen molar-refractivity contribution in [1.29, 1.82) is 0 Å². The molecule has 1 aliphatic carbocycles. The second-order valence-electron chi connectivity index (χ2n) is 5.38. The molecule has 2 nitrogen and oxygen atoms in total. The predicted molar refractivity (Wildman–Crippen MR) is 73.1 cm³/mol. The molecule has 2 rings (SSSR count). The van der Waals surface area contributed by atoms with Crippen LogP contribution in [0.3, 0.4) is 0 Å². The summed E-state index contributed by atoms with van der Waals surface area (Å²) in [6.45, 7) is 3.24. The Morgan fingerprint density at radius 3 is 2.53 bits per heavy atom. The molecule has 0 aliphatic heterocycles. The summed E-state index contributed by atoms with van der Waals surface area (Å²) in [6, 6.07) is 9.83. The Labute approximate surface area is 105 Å². The normalized spacial score (nSPS) is 24.5. The van der Waals surface area contributed by atoms with Gasteiger partial charge in [-0.05, 0) is 38.8 Å². The van der Waals surface area contributed by atoms with Crippen LogP contribution in [0.4, 0.5) is 0 Å². The quantitative estimate of drug-likeness (QED) is 0.863. The first-order valence-electron chi connectivity index (χ1n) is 6.68. The summed E-state index contributed by atoms with van der Waals surface area (Å²) in [5.74, 6) is 0. The molecule has 1 saturated carbocycles. The zero-order valence-electron chi connectivity index (χ0n) is 11.0. The summed E-state index contributed by atoms with van der Waals surface area (Å²) < 4.78 is 0. The van der Waals surface area contributed by atoms with Crippen LogP contribution < -0.4 is 5.73 Å². The summed E-state index contributed by atoms with van der Waals surface area (Å²) >= 11 is 0. The van der Waals surface area contributed by atoms with Crippen LogP contribution in [0.15, 0.2) is 24.3 Å². The third-order valence-corrected chi connectivity index (χ3v) is 3.97. The Hall–Kier alpha value is -0.860. The average molecular weight is 232 g/mol. The van der Waals surface area contributed by atoms with Gasteiger partial charge in [0.2, 0.25) is 0 Å². The molecule has 1 aromatic carbocycles. The van der Waals surface area contributed by atoms with Crippen molar-refractivity contribution >= 4 is 0 Å². The highest BCUT2D eigenvalue weighted by molar-refractivity contribution is 5.21. The molecule has 0 heterocycles. The zero-order chi connectivity index (χ0) is 12.3. The Balaban J connectivity index is 1.83. The summed E-state index contributed by atoms with van der Waals surface area (Å²) in [5, 5.41) is 0. The monoisotopic (exact) mass is 232 g/mol. The summed E-state index contributed by atoms with van der Waals surface area (Å²) in [6.07, 6.45) is 4.88. The van der Waals surface area contributed by atoms with Gasteiger partial charge < -0.3 is 10.6 Å². The minimum absolute atomic E-state index is 0.387. The van der Waals surface area contributed by atoms with E-state index in [0.29, 0.717) is 12.1 Å². The molecule has 2 N–H and O–H groups in total. The van der Waals surface area contributed by atoms with E-state index in [1.807, 2.05) is 0 Å². The van der Waals surface area contributed by atoms with Crippen molar-refractivity contribution in [2.45, 2.75) is 44.7 Å². The highest BCUT2D eigenvalue weighted by Gasteiger charge is 2.26. The number of likely N-dealkylation sites (N-methyl/N-ethyl adjacent to an activating group) is 1. The Bertz CT molecular complexity index is 344. The van der Waals surface area contributed by atoms with Crippen molar-refractivity contribution < 1.29 is 0 Å². The molecule has 2 atom stereocenters. The third kappa shape index (κ3) is 3.30. The Morgan fingerprint density at radius 2 is 1.94 bits per heavy atom. The van der Waals surface area contributed by atoms with Gasteiger partial charge in [0.25, 0.3) is 0 Å². The molecule has 94 valence electrons. The first kappa shape index (κ1) is 12.6. The number of hydrogen-bond donors (Lipinski definition) is 1. The topological polar surface area (TPSA) is 29.3 Å². The fourth-order valence-electron chi connectivity index (χ4n) is 2.74. The van der Waals surface area contributed by atoms with E-state index in [4.69, 9.17) is 5.73 Å². The first-order chi connectivity index (χ1) is 8.16. The molecule has 2 heteroatoms. The first-order valence-corrected chi connectivity index (χ1v) is 6.68. The molecule has 0 spiro atoms. The lowest BCUT2D eigenvalue weighted by molar-refractivity contribution is 0.231. The number of rotatable bonds is 4. The molecule has 1 aromatic rings. The van der Waals surface area contributed by atoms with E-state index >= 15 is 0 Å². The fourth-order valence-corrected chi connectivity index (χ4v) is 2.74. The van der Waals surface area contributed by atoms with Crippen LogP contribution in [0, 0.1) is 6.92 Å². The number of nitrogens with zero attached hydrogens (tertiary/aromatic N) is 1. The van der Waals surface area contributed by atoms with Crippen molar-refractivity contribution in [1.82, 2.24) is 4.90 Å². The van der Waals surface area contributed by atoms with Gasteiger partial charge in [0, 0.05) is 18.6 Å². The van der Waals surface area contributed by atoms with Gasteiger partial charge in [0.15, 0.2) is 0 Å². The van der Waals surface area contributed by atoms with Crippen molar-refractivity contribution in [2.75, 3.05) is 13.6 Å². The molecule has 1 aliphatic rings. The van der Waals surface area contributed by atoms with Gasteiger partial charge in [-0.2, -0.15) is 0 Å². The molecule has 0 amide bonds. The molecular weight excluding hydrogens is 208 g/mol. The van der Waals surface area contributed by atoms with E-state index in [0.717, 1.165) is 13.0 Å². The van der Waals surface area contributed by atoms with E-state index in [1.54, 1.807) is 0 Å². The highest BCUT2D eigenvalue weighted by Crippen LogP contribution is 2.21. The molecule has 0 saturated heterocycles. The van der Waals surface area contributed by atoms with Crippen LogP contribution in [-0.4, -0.2) is 30.6 Å². The van der Waals surface area contributed by atoms with Gasteiger partial charge in [-0.1, -0.05) is 36.2 Å². The van der Waals surface area contributed by atoms with Gasteiger partial charge in [0.1, 0.15) is 0 Å². The van der Waals surface area contributed by atoms with Crippen LogP contribution in [0.5, 0.6) is 0 Å². The summed E-state index contributed by atoms with van der Waals surface area (Å²) in [7, 11) is 2.21. The van der Waals surface area contributed by atoms with Crippen LogP contribution >= 0.6 is 0 Å². The standard InChI is InChI=1S/C15H24N2/c1-12-6-8-13(9-7-12)10-11-17(2)15-5-3-4-14(15)16/h6-9,14-15H,3-5,10-11,16H2,1-2H3. The number of nitrogens with two attached hydrogens (primary N) is 1. The van der Waals surface area contributed by atoms with Gasteiger partial charge in [-0.15, -0.1) is 0 Å². The number of hydrogen-bond acceptors (Lipinski definition) is 2. The van der Waals surface area contributed by atoms with E-state index in [9.17, 15) is 0 Å². The third-order valence-electron chi connectivity index (χ3n) is 3.97. The van der Waals surface area contributed by atoms with Crippen LogP contribution in [0.1, 0.15) is 30.4 Å². The van der Waals surface area contributed by atoms with Crippen molar-refractivity contribution in [3.05, 3.63) is 35.4 Å². The second kappa shape index (κ2) is 5.65. The number of aryl methyl sites for hydroxylation is 1. The Kier molecular flexibility index (Phi) is 4.19. The lowest BCUT2D eigenvalue weighted by atomic mass is 10.1. The Morgan fingerprint density at radius 1 is 1.24 bits per heavy atom. The molecule has 1 fully saturated rings. The maximum atomic E-state index is 6.13. The van der Waals surface area contributed by atoms with Crippen molar-refractivity contribution in [3.63, 3.8) is 0 Å². The van der Waals surface area contributed by atoms with Gasteiger partial charge in [-0.3, -0.25) is 0 Å². The lowest BCUT2D eigenvalue weighted by Crippen LogP contribution is -2.42. The molecule has 0 aromatic heterocycles. The minimum atomic E-state index is 0.387. The summed E-state index contributed by atoms with van der Waals surface area (Å²) in [5.41, 5.74) is 8.89. The van der Waals surface area contributed by atoms with Gasteiger partial charge in [0.05, 0.1) is 0 Å². The fraction of sp³-hybridized carbons (Fsp3) is 0.600. The maximum Gasteiger partial charge on any atom is 0.0244 e. The van der Waals surface area contributed by atoms with Gasteiger partial charge in [-0.25, -0.2) is 0 Å². The molecule has 17 heavy (non-hydrogen) atoms. The zero-order valence-corrected chi connectivity index (χ0v) is 11.0. The molecule has 0 radical (unpaired) electrons. The smallest absolute Gasteiger partial charge is 0.0244 e. The largest absolute Gasteiger partial charge is 0.326 e. The highest BCUT2D eigenvalue weighted by atomic mass is 15.1. The second-order valence-corrected chi connectivity index (χ2v) is 5.38. The number of benzene rings is 1. The minimum Gasteiger partial charge on any atom is -0.326 e. The van der Waals surface area contributed by atoms with Gasteiger partial charge >= 0.3 is 0 Å². The van der Waals surface area contributed by atoms with Crippen LogP contribution in [-0.2, 0) is 6.42 Å². The lowest BCUT2D eigenvalue weighted by Gasteiger charge is -2.27. The predicted octanol–water partition coefficient (Wildman–Crippen LogP) is 2.35. The van der Waals surface area contributed by atoms with E-state index in [-0.39, 0.29) is 0 Å². The molecule has 0 bridgehead atoms. The van der Waals surface area contributed by atoms with Crippen molar-refractivity contribution in [3.8, 4) is 0 Å². The van der Waals surface area contributed by atoms with Crippen molar-refractivity contribution in [2.24, 2.45) is 5.73 Å².